The number of benzene rings is 1. The number of rotatable bonds is 6. The first kappa shape index (κ1) is 17.1. The zero-order valence-corrected chi connectivity index (χ0v) is 15.4. The summed E-state index contributed by atoms with van der Waals surface area (Å²) in [4.78, 5) is 2.60. The van der Waals surface area contributed by atoms with Crippen molar-refractivity contribution < 1.29 is 5.11 Å². The summed E-state index contributed by atoms with van der Waals surface area (Å²) in [5.74, 6) is 0.462. The highest BCUT2D eigenvalue weighted by molar-refractivity contribution is 5.47. The molecule has 1 aliphatic rings. The van der Waals surface area contributed by atoms with Crippen LogP contribution in [0.25, 0.3) is 5.52 Å². The molecule has 136 valence electrons. The molecule has 0 aliphatic heterocycles. The minimum Gasteiger partial charge on any atom is -0.508 e. The van der Waals surface area contributed by atoms with Gasteiger partial charge in [0.2, 0.25) is 0 Å². The normalized spacial score (nSPS) is 16.9. The van der Waals surface area contributed by atoms with Crippen molar-refractivity contribution in [2.24, 2.45) is 0 Å². The van der Waals surface area contributed by atoms with Crippen LogP contribution in [0.2, 0.25) is 0 Å². The molecular formula is C22H27N3O. The largest absolute Gasteiger partial charge is 0.508 e. The van der Waals surface area contributed by atoms with Crippen molar-refractivity contribution in [2.75, 3.05) is 13.1 Å². The molecule has 3 aromatic rings. The second-order valence-corrected chi connectivity index (χ2v) is 7.30. The molecule has 1 aromatic carbocycles. The first-order valence-corrected chi connectivity index (χ1v) is 9.71. The van der Waals surface area contributed by atoms with Gasteiger partial charge in [-0.15, -0.1) is 0 Å². The lowest BCUT2D eigenvalue weighted by Gasteiger charge is -2.35. The molecule has 0 bridgehead atoms. The van der Waals surface area contributed by atoms with E-state index in [9.17, 15) is 5.11 Å². The maximum Gasteiger partial charge on any atom is 0.119 e. The lowest BCUT2D eigenvalue weighted by Crippen LogP contribution is -2.41. The van der Waals surface area contributed by atoms with E-state index in [4.69, 9.17) is 5.10 Å². The molecule has 1 aliphatic carbocycles. The summed E-state index contributed by atoms with van der Waals surface area (Å²) in [5, 5.41) is 14.9. The van der Waals surface area contributed by atoms with Crippen LogP contribution in [0.15, 0.2) is 48.7 Å². The lowest BCUT2D eigenvalue weighted by molar-refractivity contribution is 0.180. The lowest BCUT2D eigenvalue weighted by atomic mass is 9.86. The summed E-state index contributed by atoms with van der Waals surface area (Å²) in [7, 11) is 0. The number of nitrogens with zero attached hydrogens (tertiary/aromatic N) is 3. The molecule has 0 radical (unpaired) electrons. The highest BCUT2D eigenvalue weighted by atomic mass is 16.3. The van der Waals surface area contributed by atoms with Crippen LogP contribution < -0.4 is 0 Å². The van der Waals surface area contributed by atoms with E-state index in [0.717, 1.165) is 55.5 Å². The molecular weight excluding hydrogens is 322 g/mol. The van der Waals surface area contributed by atoms with Gasteiger partial charge < -0.3 is 5.11 Å². The van der Waals surface area contributed by atoms with E-state index >= 15 is 0 Å². The van der Waals surface area contributed by atoms with Crippen molar-refractivity contribution in [1.29, 1.82) is 0 Å². The maximum atomic E-state index is 10.2. The zero-order valence-electron chi connectivity index (χ0n) is 15.4. The van der Waals surface area contributed by atoms with Crippen molar-refractivity contribution in [3.63, 3.8) is 0 Å². The van der Waals surface area contributed by atoms with E-state index in [1.165, 1.54) is 12.0 Å². The molecule has 4 heteroatoms. The number of hydrogen-bond acceptors (Lipinski definition) is 3. The third-order valence-corrected chi connectivity index (χ3v) is 5.54. The summed E-state index contributed by atoms with van der Waals surface area (Å²) < 4.78 is 1.95. The van der Waals surface area contributed by atoms with Crippen LogP contribution in [0.5, 0.6) is 5.75 Å². The average molecular weight is 349 g/mol. The van der Waals surface area contributed by atoms with Gasteiger partial charge in [0.25, 0.3) is 0 Å². The molecule has 1 atom stereocenters. The van der Waals surface area contributed by atoms with Gasteiger partial charge in [0, 0.05) is 25.2 Å². The van der Waals surface area contributed by atoms with Crippen molar-refractivity contribution in [2.45, 2.75) is 45.1 Å². The van der Waals surface area contributed by atoms with Crippen LogP contribution in [0.3, 0.4) is 0 Å². The summed E-state index contributed by atoms with van der Waals surface area (Å²) in [6, 6.07) is 14.8. The predicted molar refractivity (Wildman–Crippen MR) is 105 cm³/mol. The molecule has 0 saturated heterocycles. The smallest absolute Gasteiger partial charge is 0.119 e. The number of pyridine rings is 1. The Hall–Kier alpha value is -2.33. The van der Waals surface area contributed by atoms with Crippen molar-refractivity contribution >= 4 is 5.52 Å². The first-order valence-electron chi connectivity index (χ1n) is 9.71. The van der Waals surface area contributed by atoms with E-state index in [2.05, 4.69) is 36.1 Å². The molecule has 1 N–H and O–H groups in total. The van der Waals surface area contributed by atoms with Crippen molar-refractivity contribution in [1.82, 2.24) is 14.5 Å². The van der Waals surface area contributed by atoms with Gasteiger partial charge in [0.1, 0.15) is 5.75 Å². The fourth-order valence-corrected chi connectivity index (χ4v) is 4.20. The highest BCUT2D eigenvalue weighted by Gasteiger charge is 2.25. The first-order chi connectivity index (χ1) is 12.7. The Bertz CT molecular complexity index is 853. The Labute approximate surface area is 155 Å². The van der Waals surface area contributed by atoms with Crippen LogP contribution in [0, 0.1) is 0 Å². The van der Waals surface area contributed by atoms with E-state index in [0.29, 0.717) is 11.8 Å². The topological polar surface area (TPSA) is 40.8 Å². The number of hydrogen-bond donors (Lipinski definition) is 1. The quantitative estimate of drug-likeness (QED) is 0.735. The number of fused-ring (bicyclic) bond motifs is 2. The van der Waals surface area contributed by atoms with E-state index in [1.807, 2.05) is 28.9 Å². The Morgan fingerprint density at radius 2 is 2.12 bits per heavy atom. The maximum absolute atomic E-state index is 10.2. The van der Waals surface area contributed by atoms with E-state index in [-0.39, 0.29) is 0 Å². The van der Waals surface area contributed by atoms with Gasteiger partial charge in [-0.2, -0.15) is 5.10 Å². The van der Waals surface area contributed by atoms with Crippen LogP contribution >= 0.6 is 0 Å². The Kier molecular flexibility index (Phi) is 4.93. The third-order valence-electron chi connectivity index (χ3n) is 5.54. The fraction of sp³-hybridized carbons (Fsp3) is 0.409. The molecule has 26 heavy (non-hydrogen) atoms. The van der Waals surface area contributed by atoms with Gasteiger partial charge >= 0.3 is 0 Å². The number of aromatic hydroxyl groups is 1. The monoisotopic (exact) mass is 349 g/mol. The molecule has 1 unspecified atom stereocenters. The number of aromatic nitrogens is 2. The predicted octanol–water partition coefficient (Wildman–Crippen LogP) is 3.85. The minimum absolute atomic E-state index is 0.462. The van der Waals surface area contributed by atoms with Crippen LogP contribution in [0.1, 0.15) is 36.6 Å². The SMILES string of the molecule is CCCN(CCc1cc2ccccn2n1)C1CCc2cccc(O)c2C1. The van der Waals surface area contributed by atoms with Crippen molar-refractivity contribution in [3.8, 4) is 5.75 Å². The highest BCUT2D eigenvalue weighted by Crippen LogP contribution is 2.31. The second kappa shape index (κ2) is 7.50. The van der Waals surface area contributed by atoms with E-state index in [1.54, 1.807) is 0 Å². The number of phenols is 1. The molecule has 0 amide bonds. The van der Waals surface area contributed by atoms with Gasteiger partial charge in [-0.1, -0.05) is 25.1 Å². The zero-order chi connectivity index (χ0) is 17.9. The Morgan fingerprint density at radius 1 is 1.19 bits per heavy atom. The minimum atomic E-state index is 0.462. The number of aryl methyl sites for hydroxylation is 1. The summed E-state index contributed by atoms with van der Waals surface area (Å²) >= 11 is 0. The van der Waals surface area contributed by atoms with Crippen molar-refractivity contribution in [3.05, 3.63) is 65.5 Å². The van der Waals surface area contributed by atoms with Crippen LogP contribution in [-0.4, -0.2) is 38.8 Å². The second-order valence-electron chi connectivity index (χ2n) is 7.30. The molecule has 2 aromatic heterocycles. The molecule has 0 spiro atoms. The third kappa shape index (κ3) is 3.47. The molecule has 0 fully saturated rings. The van der Waals surface area contributed by atoms with Gasteiger partial charge in [-0.3, -0.25) is 4.90 Å². The fourth-order valence-electron chi connectivity index (χ4n) is 4.20. The standard InChI is InChI=1S/C22H27N3O/c1-2-12-24(14-11-18-15-20-7-3-4-13-25(20)23-18)19-10-9-17-6-5-8-22(26)21(17)16-19/h3-8,13,15,19,26H,2,9-12,14,16H2,1H3. The Balaban J connectivity index is 1.46. The molecule has 2 heterocycles. The van der Waals surface area contributed by atoms with Gasteiger partial charge in [-0.25, -0.2) is 4.52 Å². The average Bonchev–Trinajstić information content (AvgIpc) is 3.08. The summed E-state index contributed by atoms with van der Waals surface area (Å²) in [5.41, 5.74) is 4.77. The van der Waals surface area contributed by atoms with Gasteiger partial charge in [0.15, 0.2) is 0 Å². The summed E-state index contributed by atoms with van der Waals surface area (Å²) in [6.07, 6.45) is 7.29. The molecule has 4 nitrogen and oxygen atoms in total. The molecule has 4 rings (SSSR count). The van der Waals surface area contributed by atoms with Gasteiger partial charge in [-0.05, 0) is 67.6 Å². The van der Waals surface area contributed by atoms with Crippen LogP contribution in [-0.2, 0) is 19.3 Å². The molecule has 0 saturated carbocycles. The summed E-state index contributed by atoms with van der Waals surface area (Å²) in [6.45, 7) is 4.36. The van der Waals surface area contributed by atoms with Crippen LogP contribution in [0.4, 0.5) is 0 Å². The van der Waals surface area contributed by atoms with E-state index < -0.39 is 0 Å². The van der Waals surface area contributed by atoms with Gasteiger partial charge in [0.05, 0.1) is 11.2 Å². The Morgan fingerprint density at radius 3 is 2.96 bits per heavy atom. The number of phenolic OH excluding ortho intramolecular Hbond substituents is 1.